The van der Waals surface area contributed by atoms with E-state index in [2.05, 4.69) is 20.9 Å². The highest BCUT2D eigenvalue weighted by molar-refractivity contribution is 6.25. The van der Waals surface area contributed by atoms with Gasteiger partial charge in [0.15, 0.2) is 0 Å². The Balaban J connectivity index is 1.19. The third-order valence-electron chi connectivity index (χ3n) is 7.36. The molecule has 0 radical (unpaired) electrons. The van der Waals surface area contributed by atoms with Crippen LogP contribution < -0.4 is 16.0 Å². The number of hydrogen-bond donors (Lipinski definition) is 3. The topological polar surface area (TPSA) is 137 Å². The lowest BCUT2D eigenvalue weighted by Crippen LogP contribution is -2.54. The number of nitrogens with one attached hydrogen (secondary N) is 3. The quantitative estimate of drug-likeness (QED) is 0.320. The summed E-state index contributed by atoms with van der Waals surface area (Å²) < 4.78 is 5.28. The third-order valence-corrected chi connectivity index (χ3v) is 7.36. The maximum atomic E-state index is 13.2. The summed E-state index contributed by atoms with van der Waals surface area (Å²) in [5.41, 5.74) is 0.649. The first kappa shape index (κ1) is 28.5. The zero-order valence-electron chi connectivity index (χ0n) is 23.0. The first-order valence-electron chi connectivity index (χ1n) is 13.8. The zero-order chi connectivity index (χ0) is 28.2. The van der Waals surface area contributed by atoms with Gasteiger partial charge in [-0.25, -0.2) is 4.79 Å². The number of rotatable bonds is 9. The Labute approximate surface area is 229 Å². The normalized spacial score (nSPS) is 20.6. The fraction of sp³-hybridized carbons (Fsp3) is 0.607. The first-order chi connectivity index (χ1) is 18.5. The number of hydrogen-bond acceptors (Lipinski definition) is 8. The van der Waals surface area contributed by atoms with Crippen LogP contribution in [0.1, 0.15) is 80.0 Å². The van der Waals surface area contributed by atoms with Crippen molar-refractivity contribution < 1.29 is 28.7 Å². The van der Waals surface area contributed by atoms with Crippen molar-refractivity contribution in [2.24, 2.45) is 5.92 Å². The van der Waals surface area contributed by atoms with E-state index < -0.39 is 35.3 Å². The monoisotopic (exact) mass is 541 g/mol. The number of anilines is 1. The molecule has 3 heterocycles. The summed E-state index contributed by atoms with van der Waals surface area (Å²) >= 11 is 0. The molecule has 3 aliphatic heterocycles. The largest absolute Gasteiger partial charge is 0.444 e. The molecule has 1 unspecified atom stereocenters. The van der Waals surface area contributed by atoms with Gasteiger partial charge in [-0.1, -0.05) is 6.07 Å². The first-order valence-corrected chi connectivity index (χ1v) is 13.8. The van der Waals surface area contributed by atoms with Gasteiger partial charge in [0.05, 0.1) is 11.1 Å². The van der Waals surface area contributed by atoms with Crippen LogP contribution in [0.3, 0.4) is 0 Å². The molecule has 0 bridgehead atoms. The Morgan fingerprint density at radius 1 is 1.05 bits per heavy atom. The molecule has 0 spiro atoms. The average molecular weight is 542 g/mol. The maximum absolute atomic E-state index is 13.2. The second kappa shape index (κ2) is 12.1. The molecule has 0 aliphatic carbocycles. The number of fused-ring (bicyclic) bond motifs is 1. The molecule has 11 nitrogen and oxygen atoms in total. The van der Waals surface area contributed by atoms with Crippen LogP contribution in [0.4, 0.5) is 10.5 Å². The van der Waals surface area contributed by atoms with Gasteiger partial charge in [-0.2, -0.15) is 0 Å². The Bertz CT molecular complexity index is 1120. The lowest BCUT2D eigenvalue weighted by Gasteiger charge is -2.32. The summed E-state index contributed by atoms with van der Waals surface area (Å²) in [5, 5.41) is 8.37. The van der Waals surface area contributed by atoms with Crippen molar-refractivity contribution in [1.29, 1.82) is 0 Å². The molecule has 1 aromatic rings. The highest BCUT2D eigenvalue weighted by Crippen LogP contribution is 2.32. The number of piperidine rings is 2. The van der Waals surface area contributed by atoms with Crippen molar-refractivity contribution in [3.63, 3.8) is 0 Å². The van der Waals surface area contributed by atoms with Crippen LogP contribution in [0, 0.1) is 5.92 Å². The predicted octanol–water partition coefficient (Wildman–Crippen LogP) is 2.52. The number of carbonyl (C=O) groups is 5. The molecule has 0 saturated carbocycles. The van der Waals surface area contributed by atoms with Gasteiger partial charge in [0.1, 0.15) is 11.6 Å². The van der Waals surface area contributed by atoms with Gasteiger partial charge in [-0.3, -0.25) is 29.4 Å². The Morgan fingerprint density at radius 3 is 2.49 bits per heavy atom. The van der Waals surface area contributed by atoms with Crippen LogP contribution in [0.2, 0.25) is 0 Å². The molecule has 2 fully saturated rings. The Kier molecular flexibility index (Phi) is 8.89. The minimum atomic E-state index is -0.973. The highest BCUT2D eigenvalue weighted by Gasteiger charge is 2.45. The van der Waals surface area contributed by atoms with Crippen molar-refractivity contribution in [3.05, 3.63) is 29.3 Å². The van der Waals surface area contributed by atoms with Crippen LogP contribution in [0.5, 0.6) is 0 Å². The molecule has 3 aliphatic rings. The van der Waals surface area contributed by atoms with E-state index in [1.807, 2.05) is 20.8 Å². The van der Waals surface area contributed by atoms with Crippen molar-refractivity contribution in [3.8, 4) is 0 Å². The second-order valence-corrected chi connectivity index (χ2v) is 11.5. The Morgan fingerprint density at radius 2 is 1.79 bits per heavy atom. The van der Waals surface area contributed by atoms with Crippen LogP contribution in [-0.2, 0) is 14.3 Å². The van der Waals surface area contributed by atoms with Crippen LogP contribution in [-0.4, -0.2) is 83.9 Å². The summed E-state index contributed by atoms with van der Waals surface area (Å²) in [6.45, 7) is 9.73. The molecule has 4 rings (SSSR count). The van der Waals surface area contributed by atoms with Gasteiger partial charge in [-0.05, 0) is 90.6 Å². The summed E-state index contributed by atoms with van der Waals surface area (Å²) in [6.07, 6.45) is 3.84. The SMILES string of the molecule is CC(C)(C)OC(=O)NCCC1CCN(CCCNc2cccc3c2C(=O)N(C2CCC(=O)NC2=O)C3=O)CC1. The summed E-state index contributed by atoms with van der Waals surface area (Å²) in [6, 6.07) is 4.12. The summed E-state index contributed by atoms with van der Waals surface area (Å²) in [4.78, 5) is 65.2. The van der Waals surface area contributed by atoms with Crippen molar-refractivity contribution in [2.75, 3.05) is 38.0 Å². The van der Waals surface area contributed by atoms with E-state index in [-0.39, 0.29) is 30.1 Å². The number of alkyl carbamates (subject to hydrolysis) is 1. The number of imide groups is 2. The molecule has 3 N–H and O–H groups in total. The van der Waals surface area contributed by atoms with Crippen molar-refractivity contribution in [2.45, 2.75) is 70.9 Å². The van der Waals surface area contributed by atoms with Crippen LogP contribution >= 0.6 is 0 Å². The minimum Gasteiger partial charge on any atom is -0.444 e. The lowest BCUT2D eigenvalue weighted by molar-refractivity contribution is -0.136. The van der Waals surface area contributed by atoms with E-state index in [0.717, 1.165) is 50.2 Å². The van der Waals surface area contributed by atoms with E-state index in [0.29, 0.717) is 24.7 Å². The maximum Gasteiger partial charge on any atom is 0.407 e. The summed E-state index contributed by atoms with van der Waals surface area (Å²) in [5.74, 6) is -1.43. The van der Waals surface area contributed by atoms with Gasteiger partial charge in [0.25, 0.3) is 11.8 Å². The van der Waals surface area contributed by atoms with Gasteiger partial charge >= 0.3 is 6.09 Å². The lowest BCUT2D eigenvalue weighted by atomic mass is 9.93. The fourth-order valence-corrected chi connectivity index (χ4v) is 5.38. The van der Waals surface area contributed by atoms with Gasteiger partial charge in [0, 0.05) is 25.2 Å². The number of likely N-dealkylation sites (tertiary alicyclic amines) is 1. The van der Waals surface area contributed by atoms with E-state index in [9.17, 15) is 24.0 Å². The third kappa shape index (κ3) is 7.14. The average Bonchev–Trinajstić information content (AvgIpc) is 3.12. The van der Waals surface area contributed by atoms with E-state index >= 15 is 0 Å². The zero-order valence-corrected chi connectivity index (χ0v) is 23.0. The second-order valence-electron chi connectivity index (χ2n) is 11.5. The number of carbonyl (C=O) groups excluding carboxylic acids is 5. The molecule has 11 heteroatoms. The molecule has 2 saturated heterocycles. The van der Waals surface area contributed by atoms with Crippen molar-refractivity contribution in [1.82, 2.24) is 20.4 Å². The molecular weight excluding hydrogens is 502 g/mol. The van der Waals surface area contributed by atoms with Gasteiger partial charge < -0.3 is 20.3 Å². The van der Waals surface area contributed by atoms with E-state index in [4.69, 9.17) is 4.74 Å². The number of benzene rings is 1. The van der Waals surface area contributed by atoms with Gasteiger partial charge in [0.2, 0.25) is 11.8 Å². The van der Waals surface area contributed by atoms with Crippen LogP contribution in [0.15, 0.2) is 18.2 Å². The molecule has 1 aromatic carbocycles. The van der Waals surface area contributed by atoms with Crippen LogP contribution in [0.25, 0.3) is 0 Å². The molecule has 0 aromatic heterocycles. The highest BCUT2D eigenvalue weighted by atomic mass is 16.6. The molecule has 39 heavy (non-hydrogen) atoms. The molecule has 212 valence electrons. The molecule has 5 amide bonds. The number of ether oxygens (including phenoxy) is 1. The van der Waals surface area contributed by atoms with E-state index in [1.54, 1.807) is 18.2 Å². The Hall–Kier alpha value is -3.47. The standard InChI is InChI=1S/C28H39N5O6/c1-28(2,3)39-27(38)30-14-10-18-11-16-32(17-12-18)15-5-13-29-20-7-4-6-19-23(20)26(37)33(25(19)36)21-8-9-22(34)31-24(21)35/h4,6-7,18,21,29H,5,8-17H2,1-3H3,(H,30,38)(H,31,34,35). The molecular formula is C28H39N5O6. The van der Waals surface area contributed by atoms with Gasteiger partial charge in [-0.15, -0.1) is 0 Å². The summed E-state index contributed by atoms with van der Waals surface area (Å²) in [7, 11) is 0. The number of amides is 5. The smallest absolute Gasteiger partial charge is 0.407 e. The number of nitrogens with zero attached hydrogens (tertiary/aromatic N) is 2. The molecule has 1 atom stereocenters. The van der Waals surface area contributed by atoms with E-state index in [1.165, 1.54) is 0 Å². The fourth-order valence-electron chi connectivity index (χ4n) is 5.38. The predicted molar refractivity (Wildman–Crippen MR) is 144 cm³/mol. The minimum absolute atomic E-state index is 0.0924. The van der Waals surface area contributed by atoms with Crippen molar-refractivity contribution >= 4 is 35.4 Å².